The number of hydrogen-bond acceptors (Lipinski definition) is 8. The molecule has 2 atom stereocenters. The van der Waals surface area contributed by atoms with Crippen molar-refractivity contribution in [2.24, 2.45) is 0 Å². The highest BCUT2D eigenvalue weighted by Crippen LogP contribution is 2.30. The number of aliphatic hydroxyl groups excluding tert-OH is 1. The molecule has 0 bridgehead atoms. The molecule has 0 radical (unpaired) electrons. The highest BCUT2D eigenvalue weighted by atomic mass is 16.7. The Labute approximate surface area is 172 Å². The zero-order chi connectivity index (χ0) is 21.8. The maximum atomic E-state index is 12.7. The number of aliphatic hydroxyl groups is 3. The molecule has 0 amide bonds. The monoisotopic (exact) mass is 416 g/mol. The fraction of sp³-hybridized carbons (Fsp3) is 0.857. The Morgan fingerprint density at radius 2 is 1.38 bits per heavy atom. The average Bonchev–Trinajstić information content (AvgIpc) is 2.68. The fourth-order valence-electron chi connectivity index (χ4n) is 3.32. The van der Waals surface area contributed by atoms with Crippen molar-refractivity contribution in [3.8, 4) is 0 Å². The summed E-state index contributed by atoms with van der Waals surface area (Å²) in [4.78, 5) is 37.0. The van der Waals surface area contributed by atoms with Crippen LogP contribution in [0.2, 0.25) is 0 Å². The standard InChI is InChI=1S/C21H36O8/c1-2-3-4-7-10-13-17(23)21(27)20(26,16-22)28-18(24)14-11-8-5-6-9-12-15-19(25)29-21/h22,26-27H,2-16H2,1H3. The highest BCUT2D eigenvalue weighted by molar-refractivity contribution is 5.89. The summed E-state index contributed by atoms with van der Waals surface area (Å²) < 4.78 is 9.84. The molecule has 0 aromatic carbocycles. The zero-order valence-electron chi connectivity index (χ0n) is 17.5. The third-order valence-corrected chi connectivity index (χ3v) is 5.19. The maximum Gasteiger partial charge on any atom is 0.339 e. The molecule has 0 aromatic rings. The van der Waals surface area contributed by atoms with E-state index in [1.54, 1.807) is 0 Å². The number of hydrogen-bond donors (Lipinski definition) is 3. The van der Waals surface area contributed by atoms with Gasteiger partial charge in [0.15, 0.2) is 0 Å². The molecule has 0 saturated carbocycles. The second-order valence-corrected chi connectivity index (χ2v) is 7.74. The van der Waals surface area contributed by atoms with Gasteiger partial charge in [0, 0.05) is 19.3 Å². The Bertz CT molecular complexity index is 535. The molecule has 8 nitrogen and oxygen atoms in total. The smallest absolute Gasteiger partial charge is 0.339 e. The van der Waals surface area contributed by atoms with Gasteiger partial charge in [-0.2, -0.15) is 0 Å². The molecular formula is C21H36O8. The molecule has 168 valence electrons. The molecule has 0 aromatic heterocycles. The Morgan fingerprint density at radius 1 is 0.862 bits per heavy atom. The number of Topliss-reactive ketones (excluding diaryl/α,β-unsaturated/α-hetero) is 1. The van der Waals surface area contributed by atoms with E-state index in [1.165, 1.54) is 0 Å². The molecule has 0 aliphatic carbocycles. The molecule has 0 spiro atoms. The molecule has 1 rings (SSSR count). The molecule has 1 aliphatic heterocycles. The second kappa shape index (κ2) is 12.9. The number of carbonyl (C=O) groups is 3. The third kappa shape index (κ3) is 8.03. The largest absolute Gasteiger partial charge is 0.423 e. The summed E-state index contributed by atoms with van der Waals surface area (Å²) in [6.45, 7) is 0.766. The summed E-state index contributed by atoms with van der Waals surface area (Å²) in [5.74, 6) is -8.98. The molecule has 1 saturated heterocycles. The SMILES string of the molecule is CCCCCCCC(=O)C1(O)OC(=O)CCCCCCCCC(=O)OC1(O)CO. The van der Waals surface area contributed by atoms with E-state index in [1.807, 2.05) is 0 Å². The summed E-state index contributed by atoms with van der Waals surface area (Å²) in [7, 11) is 0. The van der Waals surface area contributed by atoms with Gasteiger partial charge in [0.05, 0.1) is 0 Å². The summed E-state index contributed by atoms with van der Waals surface area (Å²) in [6, 6.07) is 0. The van der Waals surface area contributed by atoms with Crippen LogP contribution in [0, 0.1) is 0 Å². The molecule has 2 unspecified atom stereocenters. The van der Waals surface area contributed by atoms with Crippen LogP contribution in [0.3, 0.4) is 0 Å². The first-order chi connectivity index (χ1) is 13.8. The van der Waals surface area contributed by atoms with Gasteiger partial charge in [-0.05, 0) is 19.3 Å². The highest BCUT2D eigenvalue weighted by Gasteiger charge is 2.61. The van der Waals surface area contributed by atoms with Crippen molar-refractivity contribution in [1.29, 1.82) is 0 Å². The van der Waals surface area contributed by atoms with Gasteiger partial charge in [0.25, 0.3) is 0 Å². The molecule has 8 heteroatoms. The number of unbranched alkanes of at least 4 members (excludes halogenated alkanes) is 4. The van der Waals surface area contributed by atoms with Gasteiger partial charge in [-0.3, -0.25) is 14.4 Å². The Kier molecular flexibility index (Phi) is 11.4. The van der Waals surface area contributed by atoms with E-state index in [-0.39, 0.29) is 19.3 Å². The van der Waals surface area contributed by atoms with Crippen molar-refractivity contribution in [1.82, 2.24) is 0 Å². The molecular weight excluding hydrogens is 380 g/mol. The fourth-order valence-corrected chi connectivity index (χ4v) is 3.32. The normalized spacial score (nSPS) is 27.6. The second-order valence-electron chi connectivity index (χ2n) is 7.74. The summed E-state index contributed by atoms with van der Waals surface area (Å²) in [6.07, 6.45) is 8.15. The van der Waals surface area contributed by atoms with Crippen molar-refractivity contribution >= 4 is 17.7 Å². The number of cyclic esters (lactones) is 2. The van der Waals surface area contributed by atoms with Gasteiger partial charge in [-0.1, -0.05) is 58.3 Å². The van der Waals surface area contributed by atoms with Gasteiger partial charge in [0.2, 0.25) is 5.78 Å². The van der Waals surface area contributed by atoms with Gasteiger partial charge < -0.3 is 24.8 Å². The quantitative estimate of drug-likeness (QED) is 0.406. The van der Waals surface area contributed by atoms with Crippen LogP contribution in [0.5, 0.6) is 0 Å². The lowest BCUT2D eigenvalue weighted by molar-refractivity contribution is -0.351. The first-order valence-corrected chi connectivity index (χ1v) is 10.8. The van der Waals surface area contributed by atoms with Crippen LogP contribution in [0.4, 0.5) is 0 Å². The topological polar surface area (TPSA) is 130 Å². The lowest BCUT2D eigenvalue weighted by Crippen LogP contribution is -2.65. The number of esters is 2. The predicted octanol–water partition coefficient (Wildman–Crippen LogP) is 2.51. The van der Waals surface area contributed by atoms with Crippen LogP contribution in [0.1, 0.15) is 96.8 Å². The van der Waals surface area contributed by atoms with E-state index in [2.05, 4.69) is 6.92 Å². The minimum absolute atomic E-state index is 0.0441. The average molecular weight is 417 g/mol. The number of ether oxygens (including phenoxy) is 2. The van der Waals surface area contributed by atoms with E-state index >= 15 is 0 Å². The van der Waals surface area contributed by atoms with Crippen molar-refractivity contribution in [3.05, 3.63) is 0 Å². The van der Waals surface area contributed by atoms with Crippen LogP contribution < -0.4 is 0 Å². The molecule has 29 heavy (non-hydrogen) atoms. The first kappa shape index (κ1) is 25.5. The van der Waals surface area contributed by atoms with Crippen LogP contribution in [-0.2, 0) is 23.9 Å². The van der Waals surface area contributed by atoms with Gasteiger partial charge in [-0.25, -0.2) is 0 Å². The van der Waals surface area contributed by atoms with Crippen molar-refractivity contribution < 1.29 is 39.2 Å². The maximum absolute atomic E-state index is 12.7. The van der Waals surface area contributed by atoms with Crippen molar-refractivity contribution in [2.45, 2.75) is 108 Å². The number of rotatable bonds is 8. The Hall–Kier alpha value is -1.51. The molecule has 1 aliphatic rings. The zero-order valence-corrected chi connectivity index (χ0v) is 17.5. The van der Waals surface area contributed by atoms with E-state index in [4.69, 9.17) is 9.47 Å². The van der Waals surface area contributed by atoms with Crippen LogP contribution in [0.25, 0.3) is 0 Å². The molecule has 1 fully saturated rings. The van der Waals surface area contributed by atoms with E-state index in [0.717, 1.165) is 51.4 Å². The van der Waals surface area contributed by atoms with Crippen LogP contribution >= 0.6 is 0 Å². The predicted molar refractivity (Wildman–Crippen MR) is 104 cm³/mol. The minimum atomic E-state index is -3.15. The molecule has 3 N–H and O–H groups in total. The number of carbonyl (C=O) groups excluding carboxylic acids is 3. The summed E-state index contributed by atoms with van der Waals surface area (Å²) in [5.41, 5.74) is 0. The Morgan fingerprint density at radius 3 is 1.93 bits per heavy atom. The van der Waals surface area contributed by atoms with Crippen molar-refractivity contribution in [3.63, 3.8) is 0 Å². The lowest BCUT2D eigenvalue weighted by Gasteiger charge is -2.38. The van der Waals surface area contributed by atoms with Crippen LogP contribution in [0.15, 0.2) is 0 Å². The first-order valence-electron chi connectivity index (χ1n) is 10.8. The van der Waals surface area contributed by atoms with Gasteiger partial charge in [-0.15, -0.1) is 0 Å². The van der Waals surface area contributed by atoms with Crippen LogP contribution in [-0.4, -0.2) is 51.2 Å². The van der Waals surface area contributed by atoms with E-state index in [0.29, 0.717) is 19.3 Å². The van der Waals surface area contributed by atoms with Gasteiger partial charge in [0.1, 0.15) is 6.61 Å². The summed E-state index contributed by atoms with van der Waals surface area (Å²) >= 11 is 0. The minimum Gasteiger partial charge on any atom is -0.423 e. The van der Waals surface area contributed by atoms with E-state index < -0.39 is 35.9 Å². The Balaban J connectivity index is 3.00. The lowest BCUT2D eigenvalue weighted by atomic mass is 9.96. The summed E-state index contributed by atoms with van der Waals surface area (Å²) in [5, 5.41) is 31.2. The molecule has 1 heterocycles. The van der Waals surface area contributed by atoms with Crippen molar-refractivity contribution in [2.75, 3.05) is 6.61 Å². The number of ketones is 1. The third-order valence-electron chi connectivity index (χ3n) is 5.19. The van der Waals surface area contributed by atoms with Gasteiger partial charge >= 0.3 is 23.5 Å². The van der Waals surface area contributed by atoms with E-state index in [9.17, 15) is 29.7 Å².